The van der Waals surface area contributed by atoms with Crippen molar-refractivity contribution < 1.29 is 9.72 Å². The van der Waals surface area contributed by atoms with Gasteiger partial charge in [-0.25, -0.2) is 5.43 Å². The Morgan fingerprint density at radius 3 is 2.15 bits per heavy atom. The van der Waals surface area contributed by atoms with Gasteiger partial charge in [0.1, 0.15) is 5.56 Å². The molecule has 0 aliphatic rings. The molecule has 0 fully saturated rings. The first-order valence-electron chi connectivity index (χ1n) is 8.30. The molecule has 134 valence electrons. The Morgan fingerprint density at radius 2 is 1.48 bits per heavy atom. The van der Waals surface area contributed by atoms with Gasteiger partial charge in [0.15, 0.2) is 0 Å². The van der Waals surface area contributed by atoms with Crippen LogP contribution in [0, 0.1) is 10.1 Å². The second-order valence-corrected chi connectivity index (χ2v) is 5.86. The molecule has 3 aromatic carbocycles. The number of para-hydroxylation sites is 1. The monoisotopic (exact) mass is 359 g/mol. The van der Waals surface area contributed by atoms with Crippen molar-refractivity contribution in [2.75, 3.05) is 0 Å². The van der Waals surface area contributed by atoms with E-state index in [2.05, 4.69) is 10.5 Å². The van der Waals surface area contributed by atoms with E-state index in [9.17, 15) is 14.9 Å². The molecule has 0 saturated heterocycles. The highest BCUT2D eigenvalue weighted by Crippen LogP contribution is 2.20. The second kappa shape index (κ2) is 8.05. The van der Waals surface area contributed by atoms with Gasteiger partial charge in [-0.15, -0.1) is 0 Å². The van der Waals surface area contributed by atoms with Crippen LogP contribution in [-0.2, 0) is 0 Å². The smallest absolute Gasteiger partial charge is 0.267 e. The predicted molar refractivity (Wildman–Crippen MR) is 105 cm³/mol. The van der Waals surface area contributed by atoms with Gasteiger partial charge in [0.25, 0.3) is 11.6 Å². The maximum Gasteiger partial charge on any atom is 0.282 e. The zero-order chi connectivity index (χ0) is 19.2. The van der Waals surface area contributed by atoms with Crippen LogP contribution < -0.4 is 5.43 Å². The number of nitrogens with zero attached hydrogens (tertiary/aromatic N) is 2. The fraction of sp³-hybridized carbons (Fsp3) is 0.0476. The third-order valence-electron chi connectivity index (χ3n) is 4.08. The van der Waals surface area contributed by atoms with Gasteiger partial charge < -0.3 is 0 Å². The molecule has 6 nitrogen and oxygen atoms in total. The van der Waals surface area contributed by atoms with Crippen LogP contribution >= 0.6 is 0 Å². The van der Waals surface area contributed by atoms with Crippen molar-refractivity contribution in [3.05, 3.63) is 100 Å². The Balaban J connectivity index is 1.74. The molecule has 0 radical (unpaired) electrons. The van der Waals surface area contributed by atoms with E-state index in [4.69, 9.17) is 0 Å². The van der Waals surface area contributed by atoms with Gasteiger partial charge >= 0.3 is 0 Å². The maximum atomic E-state index is 12.2. The first kappa shape index (κ1) is 18.0. The van der Waals surface area contributed by atoms with Crippen molar-refractivity contribution in [2.45, 2.75) is 6.92 Å². The minimum Gasteiger partial charge on any atom is -0.267 e. The summed E-state index contributed by atoms with van der Waals surface area (Å²) in [5.74, 6) is -0.623. The quantitative estimate of drug-likeness (QED) is 0.416. The number of nitrogens with one attached hydrogen (secondary N) is 1. The zero-order valence-corrected chi connectivity index (χ0v) is 14.6. The Hall–Kier alpha value is -3.80. The van der Waals surface area contributed by atoms with Gasteiger partial charge in [0, 0.05) is 6.07 Å². The Kier molecular flexibility index (Phi) is 5.37. The SMILES string of the molecule is C/C(=N/NC(=O)c1ccccc1[N+](=O)[O-])c1ccc(-c2ccccc2)cc1. The van der Waals surface area contributed by atoms with Crippen molar-refractivity contribution in [3.8, 4) is 11.1 Å². The third-order valence-corrected chi connectivity index (χ3v) is 4.08. The van der Waals surface area contributed by atoms with Crippen LogP contribution in [0.15, 0.2) is 84.0 Å². The molecule has 3 aromatic rings. The highest BCUT2D eigenvalue weighted by atomic mass is 16.6. The van der Waals surface area contributed by atoms with E-state index < -0.39 is 10.8 Å². The number of nitro benzene ring substituents is 1. The minimum absolute atomic E-state index is 0.0292. The summed E-state index contributed by atoms with van der Waals surface area (Å²) in [7, 11) is 0. The van der Waals surface area contributed by atoms with Crippen LogP contribution in [0.1, 0.15) is 22.8 Å². The van der Waals surface area contributed by atoms with E-state index in [-0.39, 0.29) is 11.3 Å². The largest absolute Gasteiger partial charge is 0.282 e. The second-order valence-electron chi connectivity index (χ2n) is 5.86. The van der Waals surface area contributed by atoms with Crippen molar-refractivity contribution in [1.29, 1.82) is 0 Å². The molecule has 0 spiro atoms. The van der Waals surface area contributed by atoms with Gasteiger partial charge in [-0.05, 0) is 29.7 Å². The van der Waals surface area contributed by atoms with Crippen LogP contribution in [0.5, 0.6) is 0 Å². The van der Waals surface area contributed by atoms with Gasteiger partial charge in [0.05, 0.1) is 10.6 Å². The summed E-state index contributed by atoms with van der Waals surface area (Å²) < 4.78 is 0. The number of nitro groups is 1. The Morgan fingerprint density at radius 1 is 0.889 bits per heavy atom. The Bertz CT molecular complexity index is 997. The number of carbonyl (C=O) groups excluding carboxylic acids is 1. The highest BCUT2D eigenvalue weighted by molar-refractivity contribution is 6.02. The summed E-state index contributed by atoms with van der Waals surface area (Å²) in [5, 5.41) is 15.1. The van der Waals surface area contributed by atoms with E-state index in [1.54, 1.807) is 13.0 Å². The van der Waals surface area contributed by atoms with Crippen LogP contribution in [0.3, 0.4) is 0 Å². The Labute approximate surface area is 156 Å². The zero-order valence-electron chi connectivity index (χ0n) is 14.6. The molecule has 1 amide bonds. The summed E-state index contributed by atoms with van der Waals surface area (Å²) in [5.41, 5.74) is 5.74. The molecular weight excluding hydrogens is 342 g/mol. The van der Waals surface area contributed by atoms with Gasteiger partial charge in [-0.3, -0.25) is 14.9 Å². The highest BCUT2D eigenvalue weighted by Gasteiger charge is 2.18. The lowest BCUT2D eigenvalue weighted by Gasteiger charge is -2.06. The number of carbonyl (C=O) groups is 1. The standard InChI is InChI=1S/C21H17N3O3/c1-15(16-11-13-18(14-12-16)17-7-3-2-4-8-17)22-23-21(25)19-9-5-6-10-20(19)24(26)27/h2-14H,1H3,(H,23,25)/b22-15-. The first-order chi connectivity index (χ1) is 13.1. The van der Waals surface area contributed by atoms with E-state index in [0.717, 1.165) is 16.7 Å². The molecule has 0 bridgehead atoms. The fourth-order valence-electron chi connectivity index (χ4n) is 2.62. The molecule has 1 N–H and O–H groups in total. The van der Waals surface area contributed by atoms with Gasteiger partial charge in [-0.2, -0.15) is 5.10 Å². The molecule has 27 heavy (non-hydrogen) atoms. The number of amides is 1. The molecule has 6 heteroatoms. The molecule has 0 unspecified atom stereocenters. The van der Waals surface area contributed by atoms with Crippen molar-refractivity contribution >= 4 is 17.3 Å². The number of hydrogen-bond donors (Lipinski definition) is 1. The number of hydrogen-bond acceptors (Lipinski definition) is 4. The molecule has 0 aliphatic carbocycles. The van der Waals surface area contributed by atoms with Gasteiger partial charge in [-0.1, -0.05) is 66.7 Å². The summed E-state index contributed by atoms with van der Waals surface area (Å²) in [6.07, 6.45) is 0. The average Bonchev–Trinajstić information content (AvgIpc) is 2.72. The van der Waals surface area contributed by atoms with Crippen LogP contribution in [0.4, 0.5) is 5.69 Å². The molecule has 0 saturated carbocycles. The van der Waals surface area contributed by atoms with Gasteiger partial charge in [0.2, 0.25) is 0 Å². The lowest BCUT2D eigenvalue weighted by molar-refractivity contribution is -0.385. The molecular formula is C21H17N3O3. The van der Waals surface area contributed by atoms with Crippen molar-refractivity contribution in [2.24, 2.45) is 5.10 Å². The average molecular weight is 359 g/mol. The number of hydrazone groups is 1. The van der Waals surface area contributed by atoms with E-state index in [0.29, 0.717) is 5.71 Å². The summed E-state index contributed by atoms with van der Waals surface area (Å²) in [4.78, 5) is 22.7. The number of benzene rings is 3. The van der Waals surface area contributed by atoms with E-state index in [1.165, 1.54) is 18.2 Å². The number of rotatable bonds is 5. The van der Waals surface area contributed by atoms with E-state index >= 15 is 0 Å². The minimum atomic E-state index is -0.623. The molecule has 0 aromatic heterocycles. The lowest BCUT2D eigenvalue weighted by Crippen LogP contribution is -2.20. The fourth-order valence-corrected chi connectivity index (χ4v) is 2.62. The summed E-state index contributed by atoms with van der Waals surface area (Å²) in [6, 6.07) is 23.5. The lowest BCUT2D eigenvalue weighted by atomic mass is 10.0. The molecule has 0 aliphatic heterocycles. The first-order valence-corrected chi connectivity index (χ1v) is 8.30. The topological polar surface area (TPSA) is 84.6 Å². The maximum absolute atomic E-state index is 12.2. The molecule has 0 atom stereocenters. The summed E-state index contributed by atoms with van der Waals surface area (Å²) in [6.45, 7) is 1.76. The van der Waals surface area contributed by atoms with Crippen LogP contribution in [0.2, 0.25) is 0 Å². The molecule has 3 rings (SSSR count). The van der Waals surface area contributed by atoms with Crippen molar-refractivity contribution in [3.63, 3.8) is 0 Å². The molecule has 0 heterocycles. The third kappa shape index (κ3) is 4.24. The van der Waals surface area contributed by atoms with Crippen LogP contribution in [0.25, 0.3) is 11.1 Å². The normalized spacial score (nSPS) is 11.1. The van der Waals surface area contributed by atoms with E-state index in [1.807, 2.05) is 54.6 Å². The predicted octanol–water partition coefficient (Wildman–Crippen LogP) is 4.42. The van der Waals surface area contributed by atoms with Crippen molar-refractivity contribution in [1.82, 2.24) is 5.43 Å². The van der Waals surface area contributed by atoms with Crippen LogP contribution in [-0.4, -0.2) is 16.5 Å². The summed E-state index contributed by atoms with van der Waals surface area (Å²) >= 11 is 0.